The van der Waals surface area contributed by atoms with E-state index >= 15 is 8.78 Å². The van der Waals surface area contributed by atoms with Crippen molar-refractivity contribution in [3.05, 3.63) is 30.0 Å². The maximum Gasteiger partial charge on any atom is 0.220 e. The first-order valence-corrected chi connectivity index (χ1v) is 9.23. The highest BCUT2D eigenvalue weighted by molar-refractivity contribution is 5.92. The van der Waals surface area contributed by atoms with Gasteiger partial charge in [0.05, 0.1) is 25.5 Å². The van der Waals surface area contributed by atoms with E-state index in [1.54, 1.807) is 0 Å². The van der Waals surface area contributed by atoms with E-state index in [0.717, 1.165) is 18.9 Å². The van der Waals surface area contributed by atoms with E-state index in [1.165, 1.54) is 26.5 Å². The van der Waals surface area contributed by atoms with Gasteiger partial charge in [0.1, 0.15) is 5.52 Å². The van der Waals surface area contributed by atoms with Crippen molar-refractivity contribution in [2.45, 2.75) is 25.8 Å². The lowest BCUT2D eigenvalue weighted by atomic mass is 10.1. The zero-order chi connectivity index (χ0) is 20.7. The van der Waals surface area contributed by atoms with Crippen LogP contribution >= 0.6 is 0 Å². The van der Waals surface area contributed by atoms with Gasteiger partial charge in [0.15, 0.2) is 29.0 Å². The predicted octanol–water partition coefficient (Wildman–Crippen LogP) is 3.78. The number of methoxy groups -OCH3 is 2. The summed E-state index contributed by atoms with van der Waals surface area (Å²) in [7, 11) is 2.60. The van der Waals surface area contributed by atoms with Crippen molar-refractivity contribution in [1.82, 2.24) is 15.0 Å². The van der Waals surface area contributed by atoms with Crippen LogP contribution in [0.2, 0.25) is 0 Å². The Morgan fingerprint density at radius 2 is 1.76 bits per heavy atom. The summed E-state index contributed by atoms with van der Waals surface area (Å²) in [6.07, 6.45) is 3.75. The number of hydrogen-bond donors (Lipinski definition) is 2. The number of anilines is 2. The van der Waals surface area contributed by atoms with Crippen molar-refractivity contribution < 1.29 is 18.3 Å². The zero-order valence-corrected chi connectivity index (χ0v) is 16.3. The van der Waals surface area contributed by atoms with Gasteiger partial charge in [-0.25, -0.2) is 23.7 Å². The van der Waals surface area contributed by atoms with Gasteiger partial charge in [0.25, 0.3) is 0 Å². The molecule has 0 radical (unpaired) electrons. The molecule has 0 amide bonds. The van der Waals surface area contributed by atoms with Crippen molar-refractivity contribution in [3.8, 4) is 22.8 Å². The molecule has 152 valence electrons. The monoisotopic (exact) mass is 401 g/mol. The third-order valence-electron chi connectivity index (χ3n) is 5.11. The highest BCUT2D eigenvalue weighted by Gasteiger charge is 2.29. The Balaban J connectivity index is 1.94. The van der Waals surface area contributed by atoms with Gasteiger partial charge in [-0.15, -0.1) is 0 Å². The molecule has 0 bridgehead atoms. The molecule has 0 saturated heterocycles. The lowest BCUT2D eigenvalue weighted by Crippen LogP contribution is -2.19. The van der Waals surface area contributed by atoms with Crippen molar-refractivity contribution in [2.24, 2.45) is 5.92 Å². The van der Waals surface area contributed by atoms with Crippen molar-refractivity contribution in [3.63, 3.8) is 0 Å². The molecule has 1 atom stereocenters. The van der Waals surface area contributed by atoms with Gasteiger partial charge in [0.2, 0.25) is 5.95 Å². The van der Waals surface area contributed by atoms with E-state index in [2.05, 4.69) is 20.3 Å². The number of hydrogen-bond acceptors (Lipinski definition) is 7. The van der Waals surface area contributed by atoms with Gasteiger partial charge in [-0.3, -0.25) is 0 Å². The summed E-state index contributed by atoms with van der Waals surface area (Å²) in [5, 5.41) is 3.87. The topological polar surface area (TPSA) is 95.2 Å². The molecule has 1 aliphatic rings. The number of nitrogens with one attached hydrogen (secondary N) is 1. The lowest BCUT2D eigenvalue weighted by molar-refractivity contribution is 0.359. The third kappa shape index (κ3) is 3.48. The summed E-state index contributed by atoms with van der Waals surface area (Å²) in [5.74, 6) is -1.00. The van der Waals surface area contributed by atoms with Crippen LogP contribution in [0.4, 0.5) is 20.5 Å². The number of benzene rings is 1. The van der Waals surface area contributed by atoms with Crippen LogP contribution in [0.25, 0.3) is 22.2 Å². The number of nitrogens with two attached hydrogens (primary N) is 1. The van der Waals surface area contributed by atoms with Crippen molar-refractivity contribution in [2.75, 3.05) is 25.3 Å². The third-order valence-corrected chi connectivity index (χ3v) is 5.11. The quantitative estimate of drug-likeness (QED) is 0.649. The number of rotatable bonds is 6. The molecule has 1 fully saturated rings. The standard InChI is InChI=1S/C20H21F2N5O2/c1-9(10-4-5-10)25-19-18-11(8-24-20(23)27-18)6-12(26-19)15-16(21)13(28-2)7-14(29-3)17(15)22/h6-10H,4-5H2,1-3H3,(H,25,26)(H2,23,24,27). The molecule has 2 aromatic heterocycles. The molecule has 3 aromatic rings. The van der Waals surface area contributed by atoms with E-state index in [9.17, 15) is 0 Å². The molecule has 3 N–H and O–H groups in total. The first-order valence-electron chi connectivity index (χ1n) is 9.23. The average Bonchev–Trinajstić information content (AvgIpc) is 3.54. The molecule has 1 saturated carbocycles. The summed E-state index contributed by atoms with van der Waals surface area (Å²) in [4.78, 5) is 12.7. The SMILES string of the molecule is COc1cc(OC)c(F)c(-c2cc3cnc(N)nc3c(NC(C)C3CC3)n2)c1F. The molecule has 4 rings (SSSR count). The smallest absolute Gasteiger partial charge is 0.220 e. The Labute approximate surface area is 166 Å². The van der Waals surface area contributed by atoms with E-state index in [0.29, 0.717) is 22.6 Å². The lowest BCUT2D eigenvalue weighted by Gasteiger charge is -2.17. The first kappa shape index (κ1) is 19.1. The molecule has 2 heterocycles. The Kier molecular flexibility index (Phi) is 4.81. The minimum Gasteiger partial charge on any atom is -0.494 e. The predicted molar refractivity (Wildman–Crippen MR) is 106 cm³/mol. The second-order valence-electron chi connectivity index (χ2n) is 7.08. The summed E-state index contributed by atoms with van der Waals surface area (Å²) in [5.41, 5.74) is 5.96. The highest BCUT2D eigenvalue weighted by Crippen LogP contribution is 2.39. The summed E-state index contributed by atoms with van der Waals surface area (Å²) in [6, 6.07) is 2.81. The van der Waals surface area contributed by atoms with Gasteiger partial charge >= 0.3 is 0 Å². The summed E-state index contributed by atoms with van der Waals surface area (Å²) in [6.45, 7) is 2.04. The van der Waals surface area contributed by atoms with Crippen LogP contribution in [0.1, 0.15) is 19.8 Å². The Bertz CT molecular complexity index is 1060. The molecular weight excluding hydrogens is 380 g/mol. The van der Waals surface area contributed by atoms with E-state index in [1.807, 2.05) is 6.92 Å². The van der Waals surface area contributed by atoms with Crippen molar-refractivity contribution in [1.29, 1.82) is 0 Å². The molecule has 7 nitrogen and oxygen atoms in total. The van der Waals surface area contributed by atoms with Crippen LogP contribution in [0, 0.1) is 17.6 Å². The number of halogens is 2. The van der Waals surface area contributed by atoms with E-state index < -0.39 is 11.6 Å². The fourth-order valence-corrected chi connectivity index (χ4v) is 3.32. The number of ether oxygens (including phenoxy) is 2. The Hall–Kier alpha value is -3.23. The number of aromatic nitrogens is 3. The number of fused-ring (bicyclic) bond motifs is 1. The molecule has 29 heavy (non-hydrogen) atoms. The van der Waals surface area contributed by atoms with Crippen LogP contribution in [-0.2, 0) is 0 Å². The molecular formula is C20H21F2N5O2. The number of pyridine rings is 1. The Morgan fingerprint density at radius 1 is 1.10 bits per heavy atom. The van der Waals surface area contributed by atoms with Crippen LogP contribution in [0.5, 0.6) is 11.5 Å². The minimum atomic E-state index is -0.866. The maximum atomic E-state index is 15.0. The zero-order valence-electron chi connectivity index (χ0n) is 16.3. The molecule has 0 aliphatic heterocycles. The number of nitrogen functional groups attached to an aromatic ring is 1. The summed E-state index contributed by atoms with van der Waals surface area (Å²) < 4.78 is 40.1. The van der Waals surface area contributed by atoms with Crippen LogP contribution in [0.3, 0.4) is 0 Å². The largest absolute Gasteiger partial charge is 0.494 e. The molecule has 9 heteroatoms. The maximum absolute atomic E-state index is 15.0. The molecule has 1 aromatic carbocycles. The molecule has 1 aliphatic carbocycles. The fourth-order valence-electron chi connectivity index (χ4n) is 3.32. The first-order chi connectivity index (χ1) is 13.9. The van der Waals surface area contributed by atoms with Crippen LogP contribution < -0.4 is 20.5 Å². The van der Waals surface area contributed by atoms with Crippen molar-refractivity contribution >= 4 is 22.7 Å². The van der Waals surface area contributed by atoms with Gasteiger partial charge in [-0.2, -0.15) is 0 Å². The molecule has 1 unspecified atom stereocenters. The van der Waals surface area contributed by atoms with Gasteiger partial charge < -0.3 is 20.5 Å². The summed E-state index contributed by atoms with van der Waals surface area (Å²) >= 11 is 0. The Morgan fingerprint density at radius 3 is 2.34 bits per heavy atom. The number of nitrogens with zero attached hydrogens (tertiary/aromatic N) is 3. The second-order valence-corrected chi connectivity index (χ2v) is 7.08. The van der Waals surface area contributed by atoms with Crippen LogP contribution in [-0.4, -0.2) is 35.2 Å². The molecule has 0 spiro atoms. The normalized spacial score (nSPS) is 14.7. The minimum absolute atomic E-state index is 0.0727. The van der Waals surface area contributed by atoms with Gasteiger partial charge in [0, 0.05) is 23.7 Å². The van der Waals surface area contributed by atoms with Crippen LogP contribution in [0.15, 0.2) is 18.3 Å². The van der Waals surface area contributed by atoms with Gasteiger partial charge in [-0.1, -0.05) is 0 Å². The highest BCUT2D eigenvalue weighted by atomic mass is 19.1. The fraction of sp³-hybridized carbons (Fsp3) is 0.350. The average molecular weight is 401 g/mol. The van der Waals surface area contributed by atoms with E-state index in [-0.39, 0.29) is 34.7 Å². The second kappa shape index (κ2) is 7.31. The van der Waals surface area contributed by atoms with Gasteiger partial charge in [-0.05, 0) is 31.7 Å². The van der Waals surface area contributed by atoms with E-state index in [4.69, 9.17) is 15.2 Å².